The summed E-state index contributed by atoms with van der Waals surface area (Å²) in [7, 11) is 1.67. The molecule has 1 aromatic carbocycles. The number of hydrogen-bond donors (Lipinski definition) is 0. The van der Waals surface area contributed by atoms with Crippen molar-refractivity contribution in [2.45, 2.75) is 20.8 Å². The highest BCUT2D eigenvalue weighted by molar-refractivity contribution is 6.06. The van der Waals surface area contributed by atoms with Crippen molar-refractivity contribution in [1.29, 1.82) is 0 Å². The van der Waals surface area contributed by atoms with Crippen LogP contribution in [-0.2, 0) is 7.05 Å². The molecule has 2 rings (SSSR count). The van der Waals surface area contributed by atoms with E-state index < -0.39 is 0 Å². The Hall–Kier alpha value is -2.36. The van der Waals surface area contributed by atoms with Crippen molar-refractivity contribution < 1.29 is 4.79 Å². The zero-order chi connectivity index (χ0) is 15.6. The molecule has 1 heterocycles. The normalized spacial score (nSPS) is 10.5. The second-order valence-corrected chi connectivity index (χ2v) is 5.20. The molecule has 0 atom stereocenters. The maximum absolute atomic E-state index is 12.7. The number of rotatable bonds is 3. The van der Waals surface area contributed by atoms with E-state index in [1.807, 2.05) is 39.0 Å². The summed E-state index contributed by atoms with van der Waals surface area (Å²) in [5.74, 6) is -0.149. The molecule has 0 unspecified atom stereocenters. The van der Waals surface area contributed by atoms with Gasteiger partial charge in [0.15, 0.2) is 0 Å². The Morgan fingerprint density at radius 2 is 1.90 bits per heavy atom. The topological polar surface area (TPSA) is 42.3 Å². The SMILES string of the molecule is CCN(C(=O)c1ccn(C)c(=O)c1)c1cc(C)ccc1C. The van der Waals surface area contributed by atoms with E-state index in [0.29, 0.717) is 12.1 Å². The number of carbonyl (C=O) groups excluding carboxylic acids is 1. The second kappa shape index (κ2) is 5.95. The summed E-state index contributed by atoms with van der Waals surface area (Å²) in [6, 6.07) is 9.09. The number of aromatic nitrogens is 1. The molecule has 0 N–H and O–H groups in total. The van der Waals surface area contributed by atoms with Gasteiger partial charge in [-0.25, -0.2) is 0 Å². The molecular weight excluding hydrogens is 264 g/mol. The first-order chi connectivity index (χ1) is 9.93. The van der Waals surface area contributed by atoms with Crippen molar-refractivity contribution in [2.75, 3.05) is 11.4 Å². The molecule has 1 amide bonds. The first-order valence-corrected chi connectivity index (χ1v) is 7.00. The lowest BCUT2D eigenvalue weighted by atomic mass is 10.1. The third-order valence-corrected chi connectivity index (χ3v) is 3.57. The Labute approximate surface area is 124 Å². The van der Waals surface area contributed by atoms with Crippen molar-refractivity contribution in [3.63, 3.8) is 0 Å². The fraction of sp³-hybridized carbons (Fsp3) is 0.294. The number of benzene rings is 1. The summed E-state index contributed by atoms with van der Waals surface area (Å²) in [6.07, 6.45) is 1.62. The molecular formula is C17H20N2O2. The predicted molar refractivity (Wildman–Crippen MR) is 84.9 cm³/mol. The molecule has 0 radical (unpaired) electrons. The highest BCUT2D eigenvalue weighted by atomic mass is 16.2. The van der Waals surface area contributed by atoms with Gasteiger partial charge in [0.2, 0.25) is 0 Å². The van der Waals surface area contributed by atoms with Crippen molar-refractivity contribution in [2.24, 2.45) is 7.05 Å². The molecule has 0 aliphatic rings. The molecule has 1 aromatic heterocycles. The van der Waals surface area contributed by atoms with Crippen molar-refractivity contribution in [1.82, 2.24) is 4.57 Å². The number of pyridine rings is 1. The summed E-state index contributed by atoms with van der Waals surface area (Å²) < 4.78 is 1.45. The van der Waals surface area contributed by atoms with Gasteiger partial charge in [0.25, 0.3) is 11.5 Å². The first kappa shape index (κ1) is 15.0. The van der Waals surface area contributed by atoms with Gasteiger partial charge in [0.05, 0.1) is 0 Å². The number of amides is 1. The van der Waals surface area contributed by atoms with E-state index in [1.54, 1.807) is 24.2 Å². The summed E-state index contributed by atoms with van der Waals surface area (Å²) in [5.41, 5.74) is 3.27. The molecule has 0 fully saturated rings. The molecule has 0 aliphatic heterocycles. The number of carbonyl (C=O) groups is 1. The molecule has 0 bridgehead atoms. The Balaban J connectivity index is 2.45. The molecule has 0 saturated heterocycles. The van der Waals surface area contributed by atoms with Crippen LogP contribution in [0.25, 0.3) is 0 Å². The van der Waals surface area contributed by atoms with Crippen LogP contribution in [0.3, 0.4) is 0 Å². The van der Waals surface area contributed by atoms with Crippen LogP contribution < -0.4 is 10.5 Å². The average Bonchev–Trinajstić information content (AvgIpc) is 2.46. The van der Waals surface area contributed by atoms with E-state index in [1.165, 1.54) is 10.6 Å². The van der Waals surface area contributed by atoms with Crippen molar-refractivity contribution in [3.05, 3.63) is 63.6 Å². The van der Waals surface area contributed by atoms with E-state index >= 15 is 0 Å². The lowest BCUT2D eigenvalue weighted by Gasteiger charge is -2.23. The molecule has 0 spiro atoms. The molecule has 110 valence electrons. The van der Waals surface area contributed by atoms with E-state index in [4.69, 9.17) is 0 Å². The number of nitrogens with zero attached hydrogens (tertiary/aromatic N) is 2. The van der Waals surface area contributed by atoms with Crippen LogP contribution in [0.1, 0.15) is 28.4 Å². The third-order valence-electron chi connectivity index (χ3n) is 3.57. The average molecular weight is 284 g/mol. The predicted octanol–water partition coefficient (Wildman–Crippen LogP) is 2.67. The summed E-state index contributed by atoms with van der Waals surface area (Å²) in [5, 5.41) is 0. The maximum Gasteiger partial charge on any atom is 0.258 e. The first-order valence-electron chi connectivity index (χ1n) is 7.00. The minimum atomic E-state index is -0.183. The van der Waals surface area contributed by atoms with Crippen LogP contribution in [0.2, 0.25) is 0 Å². The van der Waals surface area contributed by atoms with E-state index in [2.05, 4.69) is 0 Å². The minimum Gasteiger partial charge on any atom is -0.319 e. The van der Waals surface area contributed by atoms with Crippen LogP contribution in [0.5, 0.6) is 0 Å². The van der Waals surface area contributed by atoms with Gasteiger partial charge in [-0.3, -0.25) is 9.59 Å². The Morgan fingerprint density at radius 1 is 1.19 bits per heavy atom. The zero-order valence-corrected chi connectivity index (χ0v) is 12.9. The standard InChI is InChI=1S/C17H20N2O2/c1-5-19(15-10-12(2)6-7-13(15)3)17(21)14-8-9-18(4)16(20)11-14/h6-11H,5H2,1-4H3. The van der Waals surface area contributed by atoms with Gasteiger partial charge in [0, 0.05) is 37.1 Å². The third kappa shape index (κ3) is 3.05. The van der Waals surface area contributed by atoms with Gasteiger partial charge < -0.3 is 9.47 Å². The Bertz CT molecular complexity index is 732. The maximum atomic E-state index is 12.7. The molecule has 4 nitrogen and oxygen atoms in total. The fourth-order valence-corrected chi connectivity index (χ4v) is 2.27. The van der Waals surface area contributed by atoms with Gasteiger partial charge in [0.1, 0.15) is 0 Å². The highest BCUT2D eigenvalue weighted by Gasteiger charge is 2.18. The molecule has 0 saturated carbocycles. The summed E-state index contributed by atoms with van der Waals surface area (Å²) in [4.78, 5) is 26.1. The van der Waals surface area contributed by atoms with Gasteiger partial charge in [-0.05, 0) is 44.0 Å². The van der Waals surface area contributed by atoms with Crippen molar-refractivity contribution >= 4 is 11.6 Å². The van der Waals surface area contributed by atoms with Gasteiger partial charge >= 0.3 is 0 Å². The van der Waals surface area contributed by atoms with Crippen LogP contribution in [0, 0.1) is 13.8 Å². The lowest BCUT2D eigenvalue weighted by molar-refractivity contribution is 0.0988. The molecule has 0 aliphatic carbocycles. The quantitative estimate of drug-likeness (QED) is 0.869. The van der Waals surface area contributed by atoms with Gasteiger partial charge in [-0.2, -0.15) is 0 Å². The van der Waals surface area contributed by atoms with Crippen LogP contribution >= 0.6 is 0 Å². The monoisotopic (exact) mass is 284 g/mol. The Kier molecular flexibility index (Phi) is 4.26. The molecule has 21 heavy (non-hydrogen) atoms. The van der Waals surface area contributed by atoms with Crippen LogP contribution in [-0.4, -0.2) is 17.0 Å². The largest absolute Gasteiger partial charge is 0.319 e. The van der Waals surface area contributed by atoms with Crippen molar-refractivity contribution in [3.8, 4) is 0 Å². The second-order valence-electron chi connectivity index (χ2n) is 5.20. The van der Waals surface area contributed by atoms with Gasteiger partial charge in [-0.15, -0.1) is 0 Å². The fourth-order valence-electron chi connectivity index (χ4n) is 2.27. The van der Waals surface area contributed by atoms with E-state index in [9.17, 15) is 9.59 Å². The molecule has 4 heteroatoms. The van der Waals surface area contributed by atoms with Gasteiger partial charge in [-0.1, -0.05) is 12.1 Å². The van der Waals surface area contributed by atoms with Crippen LogP contribution in [0.15, 0.2) is 41.3 Å². The smallest absolute Gasteiger partial charge is 0.258 e. The van der Waals surface area contributed by atoms with E-state index in [-0.39, 0.29) is 11.5 Å². The lowest BCUT2D eigenvalue weighted by Crippen LogP contribution is -2.32. The number of aryl methyl sites for hydroxylation is 3. The molecule has 2 aromatic rings. The zero-order valence-electron chi connectivity index (χ0n) is 12.9. The Morgan fingerprint density at radius 3 is 2.52 bits per heavy atom. The summed E-state index contributed by atoms with van der Waals surface area (Å²) in [6.45, 7) is 6.47. The number of hydrogen-bond acceptors (Lipinski definition) is 2. The van der Waals surface area contributed by atoms with Crippen LogP contribution in [0.4, 0.5) is 5.69 Å². The highest BCUT2D eigenvalue weighted by Crippen LogP contribution is 2.23. The number of anilines is 1. The minimum absolute atomic E-state index is 0.149. The van der Waals surface area contributed by atoms with E-state index in [0.717, 1.165) is 16.8 Å². The summed E-state index contributed by atoms with van der Waals surface area (Å²) >= 11 is 0.